The predicted molar refractivity (Wildman–Crippen MR) is 82.3 cm³/mol. The van der Waals surface area contributed by atoms with Crippen LogP contribution >= 0.6 is 0 Å². The van der Waals surface area contributed by atoms with Gasteiger partial charge in [-0.25, -0.2) is 0 Å². The Kier molecular flexibility index (Phi) is 8.15. The predicted octanol–water partition coefficient (Wildman–Crippen LogP) is 2.20. The molecule has 118 valence electrons. The van der Waals surface area contributed by atoms with Crippen LogP contribution in [-0.4, -0.2) is 30.7 Å². The molecule has 0 radical (unpaired) electrons. The number of hydrogen-bond donors (Lipinski definition) is 3. The van der Waals surface area contributed by atoms with Gasteiger partial charge < -0.3 is 16.2 Å². The van der Waals surface area contributed by atoms with Crippen LogP contribution in [0.25, 0.3) is 0 Å². The minimum absolute atomic E-state index is 0.0602. The number of hydrogen-bond acceptors (Lipinski definition) is 3. The second-order valence-corrected chi connectivity index (χ2v) is 6.39. The summed E-state index contributed by atoms with van der Waals surface area (Å²) in [4.78, 5) is 11.9. The maximum absolute atomic E-state index is 11.9. The van der Waals surface area contributed by atoms with Crippen LogP contribution in [0.2, 0.25) is 0 Å². The molecule has 4 N–H and O–H groups in total. The summed E-state index contributed by atoms with van der Waals surface area (Å²) in [5, 5.41) is 12.7. The van der Waals surface area contributed by atoms with Gasteiger partial charge in [-0.15, -0.1) is 0 Å². The summed E-state index contributed by atoms with van der Waals surface area (Å²) in [6, 6.07) is 0. The van der Waals surface area contributed by atoms with Gasteiger partial charge in [0.15, 0.2) is 0 Å². The van der Waals surface area contributed by atoms with Crippen LogP contribution in [0.15, 0.2) is 0 Å². The summed E-state index contributed by atoms with van der Waals surface area (Å²) in [5.41, 5.74) is 5.51. The van der Waals surface area contributed by atoms with Crippen molar-refractivity contribution in [1.29, 1.82) is 0 Å². The third-order valence-corrected chi connectivity index (χ3v) is 4.84. The summed E-state index contributed by atoms with van der Waals surface area (Å²) in [5.74, 6) is 0.686. The van der Waals surface area contributed by atoms with Gasteiger partial charge in [0.2, 0.25) is 5.91 Å². The molecule has 0 bridgehead atoms. The maximum Gasteiger partial charge on any atom is 0.220 e. The monoisotopic (exact) mass is 284 g/mol. The molecule has 0 saturated heterocycles. The molecule has 1 unspecified atom stereocenters. The van der Waals surface area contributed by atoms with E-state index in [1.165, 1.54) is 19.3 Å². The number of amides is 1. The van der Waals surface area contributed by atoms with Crippen molar-refractivity contribution in [3.05, 3.63) is 0 Å². The molecule has 1 atom stereocenters. The molecule has 0 aromatic rings. The van der Waals surface area contributed by atoms with Crippen molar-refractivity contribution >= 4 is 5.91 Å². The lowest BCUT2D eigenvalue weighted by atomic mass is 9.74. The van der Waals surface area contributed by atoms with E-state index in [2.05, 4.69) is 12.2 Å². The molecule has 4 nitrogen and oxygen atoms in total. The minimum atomic E-state index is -0.0602. The molecule has 0 aliphatic heterocycles. The molecule has 1 rings (SSSR count). The highest BCUT2D eigenvalue weighted by Crippen LogP contribution is 2.35. The Hall–Kier alpha value is -0.610. The number of carbonyl (C=O) groups is 1. The first-order valence-electron chi connectivity index (χ1n) is 8.23. The normalized spacial score (nSPS) is 19.6. The lowest BCUT2D eigenvalue weighted by molar-refractivity contribution is -0.122. The molecule has 1 saturated carbocycles. The quantitative estimate of drug-likeness (QED) is 0.607. The van der Waals surface area contributed by atoms with E-state index in [1.807, 2.05) is 0 Å². The zero-order chi connectivity index (χ0) is 14.8. The third kappa shape index (κ3) is 5.80. The van der Waals surface area contributed by atoms with Crippen molar-refractivity contribution in [3.63, 3.8) is 0 Å². The van der Waals surface area contributed by atoms with Crippen LogP contribution in [0.5, 0.6) is 0 Å². The Labute approximate surface area is 123 Å². The number of aliphatic hydroxyl groups is 1. The fourth-order valence-electron chi connectivity index (χ4n) is 3.19. The van der Waals surface area contributed by atoms with Gasteiger partial charge in [0.25, 0.3) is 0 Å². The lowest BCUT2D eigenvalue weighted by Crippen LogP contribution is -2.41. The summed E-state index contributed by atoms with van der Waals surface area (Å²) in [7, 11) is 0. The van der Waals surface area contributed by atoms with E-state index in [9.17, 15) is 9.90 Å². The number of carbonyl (C=O) groups excluding carboxylic acids is 1. The van der Waals surface area contributed by atoms with E-state index in [0.717, 1.165) is 32.1 Å². The summed E-state index contributed by atoms with van der Waals surface area (Å²) in [6.45, 7) is 3.68. The van der Waals surface area contributed by atoms with E-state index < -0.39 is 0 Å². The van der Waals surface area contributed by atoms with Crippen LogP contribution < -0.4 is 11.1 Å². The summed E-state index contributed by atoms with van der Waals surface area (Å²) >= 11 is 0. The van der Waals surface area contributed by atoms with Crippen LogP contribution in [0.4, 0.5) is 0 Å². The molecule has 20 heavy (non-hydrogen) atoms. The van der Waals surface area contributed by atoms with E-state index in [0.29, 0.717) is 25.4 Å². The molecule has 4 heteroatoms. The second-order valence-electron chi connectivity index (χ2n) is 6.39. The van der Waals surface area contributed by atoms with Gasteiger partial charge in [-0.1, -0.05) is 32.6 Å². The average molecular weight is 284 g/mol. The Balaban J connectivity index is 2.27. The smallest absolute Gasteiger partial charge is 0.220 e. The van der Waals surface area contributed by atoms with Crippen LogP contribution in [0.3, 0.4) is 0 Å². The topological polar surface area (TPSA) is 75.4 Å². The molecule has 0 aromatic carbocycles. The van der Waals surface area contributed by atoms with Gasteiger partial charge in [-0.3, -0.25) is 4.79 Å². The van der Waals surface area contributed by atoms with E-state index in [-0.39, 0.29) is 17.9 Å². The molecule has 0 aromatic heterocycles. The molecule has 1 aliphatic rings. The van der Waals surface area contributed by atoms with Crippen LogP contribution in [0.1, 0.15) is 64.7 Å². The van der Waals surface area contributed by atoms with Gasteiger partial charge in [0.05, 0.1) is 6.61 Å². The van der Waals surface area contributed by atoms with Crippen LogP contribution in [-0.2, 0) is 4.79 Å². The first kappa shape index (κ1) is 17.4. The SMILES string of the molecule is CCC(CCN)CCC(=O)NCC1(CO)CCCCC1. The number of aliphatic hydroxyl groups excluding tert-OH is 1. The zero-order valence-corrected chi connectivity index (χ0v) is 13.0. The highest BCUT2D eigenvalue weighted by molar-refractivity contribution is 5.75. The lowest BCUT2D eigenvalue weighted by Gasteiger charge is -2.35. The maximum atomic E-state index is 11.9. The zero-order valence-electron chi connectivity index (χ0n) is 13.0. The Morgan fingerprint density at radius 3 is 2.55 bits per heavy atom. The van der Waals surface area contributed by atoms with E-state index >= 15 is 0 Å². The molecular weight excluding hydrogens is 252 g/mol. The van der Waals surface area contributed by atoms with Gasteiger partial charge in [-0.05, 0) is 38.1 Å². The summed E-state index contributed by atoms with van der Waals surface area (Å²) in [6.07, 6.45) is 9.27. The standard InChI is InChI=1S/C16H32N2O2/c1-2-14(8-11-17)6-7-15(20)18-12-16(13-19)9-4-3-5-10-16/h14,19H,2-13,17H2,1H3,(H,18,20). The number of nitrogens with one attached hydrogen (secondary N) is 1. The highest BCUT2D eigenvalue weighted by Gasteiger charge is 2.31. The average Bonchev–Trinajstić information content (AvgIpc) is 2.50. The van der Waals surface area contributed by atoms with Crippen molar-refractivity contribution in [3.8, 4) is 0 Å². The molecule has 1 amide bonds. The minimum Gasteiger partial charge on any atom is -0.396 e. The first-order valence-corrected chi connectivity index (χ1v) is 8.23. The van der Waals surface area contributed by atoms with Gasteiger partial charge in [0, 0.05) is 18.4 Å². The van der Waals surface area contributed by atoms with Gasteiger partial charge >= 0.3 is 0 Å². The highest BCUT2D eigenvalue weighted by atomic mass is 16.3. The Morgan fingerprint density at radius 1 is 1.30 bits per heavy atom. The van der Waals surface area contributed by atoms with Crippen molar-refractivity contribution < 1.29 is 9.90 Å². The fraction of sp³-hybridized carbons (Fsp3) is 0.938. The van der Waals surface area contributed by atoms with E-state index in [1.54, 1.807) is 0 Å². The van der Waals surface area contributed by atoms with Crippen molar-refractivity contribution in [2.24, 2.45) is 17.1 Å². The molecule has 1 fully saturated rings. The second kappa shape index (κ2) is 9.35. The molecule has 1 aliphatic carbocycles. The first-order chi connectivity index (χ1) is 9.65. The van der Waals surface area contributed by atoms with Crippen molar-refractivity contribution in [2.75, 3.05) is 19.7 Å². The Bertz CT molecular complexity index is 276. The van der Waals surface area contributed by atoms with Crippen LogP contribution in [0, 0.1) is 11.3 Å². The van der Waals surface area contributed by atoms with Crippen molar-refractivity contribution in [1.82, 2.24) is 5.32 Å². The summed E-state index contributed by atoms with van der Waals surface area (Å²) < 4.78 is 0. The molecule has 0 spiro atoms. The fourth-order valence-corrected chi connectivity index (χ4v) is 3.19. The number of nitrogens with two attached hydrogens (primary N) is 1. The third-order valence-electron chi connectivity index (χ3n) is 4.84. The largest absolute Gasteiger partial charge is 0.396 e. The van der Waals surface area contributed by atoms with Gasteiger partial charge in [0.1, 0.15) is 0 Å². The van der Waals surface area contributed by atoms with Crippen molar-refractivity contribution in [2.45, 2.75) is 64.7 Å². The number of rotatable bonds is 9. The molecular formula is C16H32N2O2. The van der Waals surface area contributed by atoms with Gasteiger partial charge in [-0.2, -0.15) is 0 Å². The van der Waals surface area contributed by atoms with E-state index in [4.69, 9.17) is 5.73 Å². The molecule has 0 heterocycles. The Morgan fingerprint density at radius 2 is 2.00 bits per heavy atom.